The normalized spacial score (nSPS) is 10.7. The van der Waals surface area contributed by atoms with Crippen molar-refractivity contribution in [2.75, 3.05) is 6.54 Å². The third kappa shape index (κ3) is 3.31. The van der Waals surface area contributed by atoms with Crippen LogP contribution in [0.5, 0.6) is 0 Å². The Bertz CT molecular complexity index is 603. The number of benzene rings is 1. The smallest absolute Gasteiger partial charge is 0.251 e. The SMILES string of the molecule is CC(C)NC(=O)CNC(=O)c1ccc2cn[nH]c2c1. The highest BCUT2D eigenvalue weighted by Gasteiger charge is 2.09. The highest BCUT2D eigenvalue weighted by molar-refractivity contribution is 5.99. The summed E-state index contributed by atoms with van der Waals surface area (Å²) in [4.78, 5) is 23.3. The molecule has 1 aromatic carbocycles. The second-order valence-corrected chi connectivity index (χ2v) is 4.58. The molecule has 0 saturated heterocycles. The van der Waals surface area contributed by atoms with E-state index >= 15 is 0 Å². The molecule has 0 bridgehead atoms. The fraction of sp³-hybridized carbons (Fsp3) is 0.308. The summed E-state index contributed by atoms with van der Waals surface area (Å²) in [5, 5.41) is 12.9. The summed E-state index contributed by atoms with van der Waals surface area (Å²) < 4.78 is 0. The van der Waals surface area contributed by atoms with E-state index in [4.69, 9.17) is 0 Å². The number of nitrogens with zero attached hydrogens (tertiary/aromatic N) is 1. The molecule has 2 rings (SSSR count). The van der Waals surface area contributed by atoms with Crippen LogP contribution >= 0.6 is 0 Å². The van der Waals surface area contributed by atoms with Crippen LogP contribution in [0.4, 0.5) is 0 Å². The van der Waals surface area contributed by atoms with Gasteiger partial charge in [0.25, 0.3) is 5.91 Å². The maximum Gasteiger partial charge on any atom is 0.251 e. The van der Waals surface area contributed by atoms with E-state index in [1.165, 1.54) is 0 Å². The Morgan fingerprint density at radius 1 is 1.37 bits per heavy atom. The molecule has 0 atom stereocenters. The van der Waals surface area contributed by atoms with Gasteiger partial charge in [-0.2, -0.15) is 5.10 Å². The summed E-state index contributed by atoms with van der Waals surface area (Å²) in [6.07, 6.45) is 1.69. The monoisotopic (exact) mass is 260 g/mol. The summed E-state index contributed by atoms with van der Waals surface area (Å²) in [6.45, 7) is 3.70. The lowest BCUT2D eigenvalue weighted by Gasteiger charge is -2.09. The molecule has 0 unspecified atom stereocenters. The lowest BCUT2D eigenvalue weighted by Crippen LogP contribution is -2.39. The molecule has 1 heterocycles. The van der Waals surface area contributed by atoms with Crippen LogP contribution in [0.3, 0.4) is 0 Å². The van der Waals surface area contributed by atoms with Crippen molar-refractivity contribution in [1.82, 2.24) is 20.8 Å². The maximum atomic E-state index is 11.9. The van der Waals surface area contributed by atoms with Gasteiger partial charge in [0.05, 0.1) is 18.3 Å². The Balaban J connectivity index is 1.97. The zero-order valence-electron chi connectivity index (χ0n) is 10.9. The molecule has 0 aliphatic heterocycles. The molecule has 0 aliphatic rings. The fourth-order valence-corrected chi connectivity index (χ4v) is 1.71. The first-order chi connectivity index (χ1) is 9.06. The number of fused-ring (bicyclic) bond motifs is 1. The minimum absolute atomic E-state index is 0.0297. The number of hydrogen-bond donors (Lipinski definition) is 3. The number of aromatic nitrogens is 2. The van der Waals surface area contributed by atoms with Crippen molar-refractivity contribution in [3.63, 3.8) is 0 Å². The van der Waals surface area contributed by atoms with Crippen LogP contribution in [0.2, 0.25) is 0 Å². The van der Waals surface area contributed by atoms with E-state index in [1.807, 2.05) is 19.9 Å². The van der Waals surface area contributed by atoms with Gasteiger partial charge in [0, 0.05) is 17.0 Å². The Labute approximate surface area is 110 Å². The highest BCUT2D eigenvalue weighted by Crippen LogP contribution is 2.12. The molecule has 2 aromatic rings. The van der Waals surface area contributed by atoms with Crippen molar-refractivity contribution in [2.45, 2.75) is 19.9 Å². The summed E-state index contributed by atoms with van der Waals surface area (Å²) in [5.41, 5.74) is 1.29. The molecule has 3 N–H and O–H groups in total. The summed E-state index contributed by atoms with van der Waals surface area (Å²) in [6, 6.07) is 5.28. The largest absolute Gasteiger partial charge is 0.352 e. The van der Waals surface area contributed by atoms with Gasteiger partial charge >= 0.3 is 0 Å². The van der Waals surface area contributed by atoms with Crippen molar-refractivity contribution in [3.8, 4) is 0 Å². The van der Waals surface area contributed by atoms with E-state index < -0.39 is 0 Å². The van der Waals surface area contributed by atoms with Gasteiger partial charge < -0.3 is 10.6 Å². The molecule has 19 heavy (non-hydrogen) atoms. The Hall–Kier alpha value is -2.37. The second kappa shape index (κ2) is 5.51. The second-order valence-electron chi connectivity index (χ2n) is 4.58. The van der Waals surface area contributed by atoms with Crippen molar-refractivity contribution in [1.29, 1.82) is 0 Å². The third-order valence-corrected chi connectivity index (χ3v) is 2.56. The van der Waals surface area contributed by atoms with Gasteiger partial charge in [-0.3, -0.25) is 14.7 Å². The molecule has 0 saturated carbocycles. The fourth-order valence-electron chi connectivity index (χ4n) is 1.71. The van der Waals surface area contributed by atoms with Crippen LogP contribution in [0, 0.1) is 0 Å². The van der Waals surface area contributed by atoms with Gasteiger partial charge in [-0.15, -0.1) is 0 Å². The molecule has 0 radical (unpaired) electrons. The number of hydrogen-bond acceptors (Lipinski definition) is 3. The van der Waals surface area contributed by atoms with Gasteiger partial charge in [-0.25, -0.2) is 0 Å². The first-order valence-corrected chi connectivity index (χ1v) is 6.07. The quantitative estimate of drug-likeness (QED) is 0.760. The van der Waals surface area contributed by atoms with E-state index in [0.29, 0.717) is 5.56 Å². The zero-order valence-corrected chi connectivity index (χ0v) is 10.9. The van der Waals surface area contributed by atoms with Crippen LogP contribution in [0.15, 0.2) is 24.4 Å². The first-order valence-electron chi connectivity index (χ1n) is 6.07. The van der Waals surface area contributed by atoms with E-state index in [-0.39, 0.29) is 24.4 Å². The number of aromatic amines is 1. The molecule has 2 amide bonds. The lowest BCUT2D eigenvalue weighted by atomic mass is 10.1. The zero-order chi connectivity index (χ0) is 13.8. The number of amides is 2. The van der Waals surface area contributed by atoms with E-state index in [2.05, 4.69) is 20.8 Å². The lowest BCUT2D eigenvalue weighted by molar-refractivity contribution is -0.120. The molecular formula is C13H16N4O2. The van der Waals surface area contributed by atoms with Crippen molar-refractivity contribution in [3.05, 3.63) is 30.0 Å². The molecule has 0 fully saturated rings. The van der Waals surface area contributed by atoms with Crippen molar-refractivity contribution >= 4 is 22.7 Å². The summed E-state index contributed by atoms with van der Waals surface area (Å²) in [5.74, 6) is -0.485. The maximum absolute atomic E-state index is 11.9. The third-order valence-electron chi connectivity index (χ3n) is 2.56. The van der Waals surface area contributed by atoms with Gasteiger partial charge in [0.15, 0.2) is 0 Å². The van der Waals surface area contributed by atoms with Crippen LogP contribution in [0.1, 0.15) is 24.2 Å². The van der Waals surface area contributed by atoms with E-state index in [0.717, 1.165) is 10.9 Å². The number of H-pyrrole nitrogens is 1. The average Bonchev–Trinajstić information content (AvgIpc) is 2.82. The molecule has 100 valence electrons. The standard InChI is InChI=1S/C13H16N4O2/c1-8(2)16-12(18)7-14-13(19)9-3-4-10-6-15-17-11(10)5-9/h3-6,8H,7H2,1-2H3,(H,14,19)(H,15,17)(H,16,18). The Kier molecular flexibility index (Phi) is 3.79. The predicted octanol–water partition coefficient (Wildman–Crippen LogP) is 0.817. The number of carbonyl (C=O) groups is 2. The Morgan fingerprint density at radius 3 is 2.89 bits per heavy atom. The molecule has 0 spiro atoms. The van der Waals surface area contributed by atoms with E-state index in [1.54, 1.807) is 18.3 Å². The first kappa shape index (κ1) is 13.1. The number of rotatable bonds is 4. The van der Waals surface area contributed by atoms with Crippen LogP contribution in [-0.2, 0) is 4.79 Å². The average molecular weight is 260 g/mol. The van der Waals surface area contributed by atoms with Gasteiger partial charge in [0.2, 0.25) is 5.91 Å². The minimum atomic E-state index is -0.282. The molecule has 6 heteroatoms. The predicted molar refractivity (Wildman–Crippen MR) is 71.7 cm³/mol. The van der Waals surface area contributed by atoms with Crippen LogP contribution < -0.4 is 10.6 Å². The van der Waals surface area contributed by atoms with Crippen LogP contribution in [0.25, 0.3) is 10.9 Å². The summed E-state index contributed by atoms with van der Waals surface area (Å²) in [7, 11) is 0. The van der Waals surface area contributed by atoms with Crippen molar-refractivity contribution < 1.29 is 9.59 Å². The highest BCUT2D eigenvalue weighted by atomic mass is 16.2. The topological polar surface area (TPSA) is 86.9 Å². The molecule has 0 aliphatic carbocycles. The molecule has 6 nitrogen and oxygen atoms in total. The Morgan fingerprint density at radius 2 is 2.16 bits per heavy atom. The van der Waals surface area contributed by atoms with Gasteiger partial charge in [-0.05, 0) is 26.0 Å². The molecular weight excluding hydrogens is 244 g/mol. The summed E-state index contributed by atoms with van der Waals surface area (Å²) >= 11 is 0. The number of carbonyl (C=O) groups excluding carboxylic acids is 2. The van der Waals surface area contributed by atoms with E-state index in [9.17, 15) is 9.59 Å². The van der Waals surface area contributed by atoms with Gasteiger partial charge in [-0.1, -0.05) is 6.07 Å². The van der Waals surface area contributed by atoms with Crippen LogP contribution in [-0.4, -0.2) is 34.6 Å². The minimum Gasteiger partial charge on any atom is -0.352 e. The molecule has 1 aromatic heterocycles. The van der Waals surface area contributed by atoms with Gasteiger partial charge in [0.1, 0.15) is 0 Å². The van der Waals surface area contributed by atoms with Crippen molar-refractivity contribution in [2.24, 2.45) is 0 Å². The number of nitrogens with one attached hydrogen (secondary N) is 3.